The zero-order valence-corrected chi connectivity index (χ0v) is 9.01. The fraction of sp³-hybridized carbons (Fsp3) is 0.375. The highest BCUT2D eigenvalue weighted by molar-refractivity contribution is 7.94. The van der Waals surface area contributed by atoms with E-state index < -0.39 is 9.84 Å². The molecule has 2 rings (SSSR count). The Morgan fingerprint density at radius 2 is 2.50 bits per heavy atom. The summed E-state index contributed by atoms with van der Waals surface area (Å²) in [4.78, 5) is 4.10. The largest absolute Gasteiger partial charge is 0.304 e. The van der Waals surface area contributed by atoms with Crippen LogP contribution in [-0.4, -0.2) is 25.2 Å². The van der Waals surface area contributed by atoms with Crippen LogP contribution in [0.2, 0.25) is 0 Å². The topological polar surface area (TPSA) is 59.1 Å². The molecule has 1 aliphatic heterocycles. The van der Waals surface area contributed by atoms with Gasteiger partial charge >= 0.3 is 0 Å². The second-order valence-electron chi connectivity index (χ2n) is 3.13. The molecular weight excluding hydrogens is 220 g/mol. The molecule has 0 saturated heterocycles. The monoisotopic (exact) mass is 230 g/mol. The van der Waals surface area contributed by atoms with E-state index >= 15 is 0 Å². The van der Waals surface area contributed by atoms with Crippen molar-refractivity contribution in [1.29, 1.82) is 0 Å². The maximum absolute atomic E-state index is 11.1. The van der Waals surface area contributed by atoms with Gasteiger partial charge < -0.3 is 5.32 Å². The summed E-state index contributed by atoms with van der Waals surface area (Å²) in [5.41, 5.74) is 2.71. The van der Waals surface area contributed by atoms with Crippen molar-refractivity contribution in [1.82, 2.24) is 10.3 Å². The highest BCUT2D eigenvalue weighted by atomic mass is 32.2. The van der Waals surface area contributed by atoms with E-state index in [-0.39, 0.29) is 11.8 Å². The minimum atomic E-state index is -2.95. The summed E-state index contributed by atoms with van der Waals surface area (Å²) in [6.45, 7) is 0.619. The summed E-state index contributed by atoms with van der Waals surface area (Å²) in [6.07, 6.45) is 1.68. The van der Waals surface area contributed by atoms with Crippen LogP contribution >= 0.6 is 11.3 Å². The predicted octanol–water partition coefficient (Wildman–Crippen LogP) is 0.543. The number of aromatic nitrogens is 1. The van der Waals surface area contributed by atoms with Crippen LogP contribution in [0.1, 0.15) is 5.69 Å². The van der Waals surface area contributed by atoms with Crippen LogP contribution in [0.25, 0.3) is 0 Å². The molecule has 0 saturated carbocycles. The van der Waals surface area contributed by atoms with Crippen molar-refractivity contribution >= 4 is 21.2 Å². The molecular formula is C8H10N2O2S2. The standard InChI is InChI=1S/C8H10N2O2S2/c11-14(12)2-1-7(5-14)9-3-8-4-13-6-10-8/h1-2,4,6-7,9H,3,5H2. The lowest BCUT2D eigenvalue weighted by Gasteiger charge is -2.07. The number of nitrogens with one attached hydrogen (secondary N) is 1. The van der Waals surface area contributed by atoms with Crippen molar-refractivity contribution in [2.24, 2.45) is 0 Å². The average Bonchev–Trinajstić information content (AvgIpc) is 2.70. The molecule has 0 spiro atoms. The second kappa shape index (κ2) is 3.80. The second-order valence-corrected chi connectivity index (χ2v) is 5.78. The SMILES string of the molecule is O=S1(=O)C=CC(NCc2cscn2)C1. The first-order valence-corrected chi connectivity index (χ1v) is 6.83. The van der Waals surface area contributed by atoms with Gasteiger partial charge in [0.05, 0.1) is 17.0 Å². The van der Waals surface area contributed by atoms with Gasteiger partial charge in [-0.3, -0.25) is 0 Å². The molecule has 14 heavy (non-hydrogen) atoms. The molecule has 1 unspecified atom stereocenters. The van der Waals surface area contributed by atoms with E-state index in [1.54, 1.807) is 11.6 Å². The lowest BCUT2D eigenvalue weighted by atomic mass is 10.3. The Morgan fingerprint density at radius 1 is 1.64 bits per heavy atom. The van der Waals surface area contributed by atoms with Crippen LogP contribution in [0.5, 0.6) is 0 Å². The quantitative estimate of drug-likeness (QED) is 0.823. The third-order valence-corrected chi connectivity index (χ3v) is 3.99. The van der Waals surface area contributed by atoms with Gasteiger partial charge in [-0.05, 0) is 0 Å². The summed E-state index contributed by atoms with van der Waals surface area (Å²) < 4.78 is 22.1. The van der Waals surface area contributed by atoms with Crippen molar-refractivity contribution in [2.75, 3.05) is 5.75 Å². The molecule has 1 atom stereocenters. The van der Waals surface area contributed by atoms with E-state index in [2.05, 4.69) is 10.3 Å². The zero-order chi connectivity index (χ0) is 10.0. The number of thiazole rings is 1. The van der Waals surface area contributed by atoms with Gasteiger partial charge in [0.1, 0.15) is 0 Å². The summed E-state index contributed by atoms with van der Waals surface area (Å²) in [6, 6.07) is -0.0679. The Balaban J connectivity index is 1.87. The van der Waals surface area contributed by atoms with Crippen LogP contribution in [0, 0.1) is 0 Å². The highest BCUT2D eigenvalue weighted by Gasteiger charge is 2.20. The molecule has 6 heteroatoms. The number of nitrogens with zero attached hydrogens (tertiary/aromatic N) is 1. The Morgan fingerprint density at radius 3 is 3.07 bits per heavy atom. The summed E-state index contributed by atoms with van der Waals surface area (Å²) in [5.74, 6) is 0.164. The van der Waals surface area contributed by atoms with Gasteiger partial charge in [0.25, 0.3) is 0 Å². The van der Waals surface area contributed by atoms with E-state index in [0.29, 0.717) is 6.54 Å². The molecule has 0 aromatic carbocycles. The minimum absolute atomic E-state index is 0.0679. The van der Waals surface area contributed by atoms with Gasteiger partial charge in [0, 0.05) is 23.4 Å². The Bertz CT molecular complexity index is 422. The summed E-state index contributed by atoms with van der Waals surface area (Å²) >= 11 is 1.53. The molecule has 4 nitrogen and oxygen atoms in total. The first-order chi connectivity index (χ1) is 6.66. The van der Waals surface area contributed by atoms with Gasteiger partial charge in [-0.15, -0.1) is 11.3 Å². The van der Waals surface area contributed by atoms with Crippen LogP contribution in [0.4, 0.5) is 0 Å². The fourth-order valence-electron chi connectivity index (χ4n) is 1.26. The Labute approximate surface area is 86.6 Å². The van der Waals surface area contributed by atoms with Crippen molar-refractivity contribution < 1.29 is 8.42 Å². The molecule has 1 aliphatic rings. The lowest BCUT2D eigenvalue weighted by Crippen LogP contribution is -2.29. The predicted molar refractivity (Wildman–Crippen MR) is 55.7 cm³/mol. The van der Waals surface area contributed by atoms with E-state index in [1.165, 1.54) is 16.7 Å². The maximum Gasteiger partial charge on any atom is 0.173 e. The van der Waals surface area contributed by atoms with E-state index in [0.717, 1.165) is 5.69 Å². The summed E-state index contributed by atoms with van der Waals surface area (Å²) in [7, 11) is -2.95. The molecule has 1 N–H and O–H groups in total. The molecule has 0 aliphatic carbocycles. The van der Waals surface area contributed by atoms with Crippen molar-refractivity contribution in [3.05, 3.63) is 28.1 Å². The average molecular weight is 230 g/mol. The third-order valence-electron chi connectivity index (χ3n) is 1.96. The molecule has 0 bridgehead atoms. The molecule has 0 radical (unpaired) electrons. The van der Waals surface area contributed by atoms with Crippen molar-refractivity contribution in [2.45, 2.75) is 12.6 Å². The first-order valence-electron chi connectivity index (χ1n) is 4.17. The number of hydrogen-bond acceptors (Lipinski definition) is 5. The molecule has 0 fully saturated rings. The molecule has 2 heterocycles. The molecule has 0 amide bonds. The number of hydrogen-bond donors (Lipinski definition) is 1. The summed E-state index contributed by atoms with van der Waals surface area (Å²) in [5, 5.41) is 6.33. The van der Waals surface area contributed by atoms with Gasteiger partial charge in [-0.1, -0.05) is 6.08 Å². The first kappa shape index (κ1) is 9.82. The smallest absolute Gasteiger partial charge is 0.173 e. The zero-order valence-electron chi connectivity index (χ0n) is 7.38. The maximum atomic E-state index is 11.1. The van der Waals surface area contributed by atoms with Crippen LogP contribution in [-0.2, 0) is 16.4 Å². The van der Waals surface area contributed by atoms with E-state index in [4.69, 9.17) is 0 Å². The highest BCUT2D eigenvalue weighted by Crippen LogP contribution is 2.09. The Hall–Kier alpha value is -0.720. The van der Waals surface area contributed by atoms with Gasteiger partial charge in [0.2, 0.25) is 0 Å². The van der Waals surface area contributed by atoms with Crippen LogP contribution in [0.3, 0.4) is 0 Å². The fourth-order valence-corrected chi connectivity index (χ4v) is 3.09. The molecule has 76 valence electrons. The lowest BCUT2D eigenvalue weighted by molar-refractivity contribution is 0.588. The van der Waals surface area contributed by atoms with Crippen LogP contribution < -0.4 is 5.32 Å². The van der Waals surface area contributed by atoms with Gasteiger partial charge in [0.15, 0.2) is 9.84 Å². The molecule has 1 aromatic heterocycles. The van der Waals surface area contributed by atoms with Crippen molar-refractivity contribution in [3.63, 3.8) is 0 Å². The van der Waals surface area contributed by atoms with Crippen LogP contribution in [0.15, 0.2) is 22.4 Å². The van der Waals surface area contributed by atoms with E-state index in [1.807, 2.05) is 5.38 Å². The number of rotatable bonds is 3. The van der Waals surface area contributed by atoms with Gasteiger partial charge in [-0.25, -0.2) is 13.4 Å². The Kier molecular flexibility index (Phi) is 2.66. The van der Waals surface area contributed by atoms with Crippen molar-refractivity contribution in [3.8, 4) is 0 Å². The third kappa shape index (κ3) is 2.40. The van der Waals surface area contributed by atoms with E-state index in [9.17, 15) is 8.42 Å². The normalized spacial score (nSPS) is 24.1. The minimum Gasteiger partial charge on any atom is -0.304 e. The molecule has 1 aromatic rings. The van der Waals surface area contributed by atoms with Gasteiger partial charge in [-0.2, -0.15) is 0 Å². The number of sulfone groups is 1.